The topological polar surface area (TPSA) is 70.1 Å². The number of ether oxygens (including phenoxy) is 1. The number of benzene rings is 1. The van der Waals surface area contributed by atoms with E-state index in [2.05, 4.69) is 18.7 Å². The van der Waals surface area contributed by atoms with Gasteiger partial charge in [-0.25, -0.2) is 4.79 Å². The summed E-state index contributed by atoms with van der Waals surface area (Å²) in [5.41, 5.74) is 0.924. The highest BCUT2D eigenvalue weighted by Crippen LogP contribution is 2.31. The van der Waals surface area contributed by atoms with Crippen LogP contribution in [0.3, 0.4) is 0 Å². The predicted molar refractivity (Wildman–Crippen MR) is 102 cm³/mol. The van der Waals surface area contributed by atoms with Crippen LogP contribution in [0.25, 0.3) is 0 Å². The maximum absolute atomic E-state index is 12.6. The summed E-state index contributed by atoms with van der Waals surface area (Å²) < 4.78 is 5.46. The zero-order chi connectivity index (χ0) is 19.4. The fourth-order valence-corrected chi connectivity index (χ4v) is 4.59. The van der Waals surface area contributed by atoms with Gasteiger partial charge in [0.05, 0.1) is 5.92 Å². The molecule has 2 heterocycles. The van der Waals surface area contributed by atoms with Crippen LogP contribution in [0.15, 0.2) is 30.3 Å². The number of aliphatic carboxylic acids is 1. The number of piperidine rings is 2. The van der Waals surface area contributed by atoms with Gasteiger partial charge in [-0.2, -0.15) is 0 Å². The summed E-state index contributed by atoms with van der Waals surface area (Å²) >= 11 is 0. The minimum atomic E-state index is -0.835. The van der Waals surface area contributed by atoms with Gasteiger partial charge in [0, 0.05) is 31.2 Å². The van der Waals surface area contributed by atoms with E-state index in [0.717, 1.165) is 18.4 Å². The quantitative estimate of drug-likeness (QED) is 0.875. The number of rotatable bonds is 4. The SMILES string of the molecule is C[C@@H]1CCC[C@H](C)N1[C@H]1C[C@@H](C(=O)O)CN(C(=O)OCc2ccccc2)C1. The molecule has 0 saturated carbocycles. The Bertz CT molecular complexity index is 641. The molecule has 1 aromatic rings. The molecular formula is C21H30N2O4. The van der Waals surface area contributed by atoms with Crippen molar-refractivity contribution in [3.8, 4) is 0 Å². The lowest BCUT2D eigenvalue weighted by atomic mass is 9.88. The molecule has 2 saturated heterocycles. The average Bonchev–Trinajstić information content (AvgIpc) is 2.66. The van der Waals surface area contributed by atoms with Crippen LogP contribution in [-0.4, -0.2) is 58.2 Å². The summed E-state index contributed by atoms with van der Waals surface area (Å²) in [6.07, 6.45) is 3.62. The monoisotopic (exact) mass is 374 g/mol. The summed E-state index contributed by atoms with van der Waals surface area (Å²) in [7, 11) is 0. The summed E-state index contributed by atoms with van der Waals surface area (Å²) in [5, 5.41) is 9.60. The number of carbonyl (C=O) groups is 2. The third-order valence-electron chi connectivity index (χ3n) is 5.92. The molecule has 0 aliphatic carbocycles. The molecule has 1 amide bonds. The molecule has 3 rings (SSSR count). The Balaban J connectivity index is 1.68. The van der Waals surface area contributed by atoms with Crippen LogP contribution in [0.5, 0.6) is 0 Å². The second-order valence-electron chi connectivity index (χ2n) is 7.95. The van der Waals surface area contributed by atoms with Crippen LogP contribution in [0.1, 0.15) is 45.1 Å². The normalized spacial score (nSPS) is 29.3. The molecule has 6 nitrogen and oxygen atoms in total. The van der Waals surface area contributed by atoms with Crippen LogP contribution in [-0.2, 0) is 16.1 Å². The fraction of sp³-hybridized carbons (Fsp3) is 0.619. The Morgan fingerprint density at radius 3 is 2.41 bits per heavy atom. The Labute approximate surface area is 161 Å². The van der Waals surface area contributed by atoms with Crippen molar-refractivity contribution in [1.29, 1.82) is 0 Å². The molecule has 0 bridgehead atoms. The standard InChI is InChI=1S/C21H30N2O4/c1-15-7-6-8-16(2)23(15)19-11-18(20(24)25)12-22(13-19)21(26)27-14-17-9-4-3-5-10-17/h3-5,9-10,15-16,18-19H,6-8,11-14H2,1-2H3,(H,24,25)/t15-,16+,18-,19+/m1/s1. The highest BCUT2D eigenvalue weighted by atomic mass is 16.6. The summed E-state index contributed by atoms with van der Waals surface area (Å²) in [5.74, 6) is -1.38. The Kier molecular flexibility index (Phi) is 6.37. The van der Waals surface area contributed by atoms with Gasteiger partial charge in [-0.15, -0.1) is 0 Å². The number of carboxylic acids is 1. The lowest BCUT2D eigenvalue weighted by Gasteiger charge is -2.48. The number of amides is 1. The van der Waals surface area contributed by atoms with E-state index in [1.165, 1.54) is 6.42 Å². The number of carbonyl (C=O) groups excluding carboxylic acids is 1. The van der Waals surface area contributed by atoms with E-state index in [-0.39, 0.29) is 19.2 Å². The van der Waals surface area contributed by atoms with Gasteiger partial charge in [0.15, 0.2) is 0 Å². The number of carboxylic acid groups (broad SMARTS) is 1. The third kappa shape index (κ3) is 4.80. The lowest BCUT2D eigenvalue weighted by Crippen LogP contribution is -2.59. The second kappa shape index (κ2) is 8.74. The minimum absolute atomic E-state index is 0.0643. The predicted octanol–water partition coefficient (Wildman–Crippen LogP) is 3.36. The Morgan fingerprint density at radius 2 is 1.78 bits per heavy atom. The van der Waals surface area contributed by atoms with Crippen LogP contribution in [0.2, 0.25) is 0 Å². The second-order valence-corrected chi connectivity index (χ2v) is 7.95. The van der Waals surface area contributed by atoms with Crippen LogP contribution in [0, 0.1) is 5.92 Å². The van der Waals surface area contributed by atoms with E-state index < -0.39 is 18.0 Å². The van der Waals surface area contributed by atoms with Crippen LogP contribution < -0.4 is 0 Å². The molecule has 0 aromatic heterocycles. The molecule has 148 valence electrons. The van der Waals surface area contributed by atoms with E-state index in [4.69, 9.17) is 4.74 Å². The molecule has 27 heavy (non-hydrogen) atoms. The lowest BCUT2D eigenvalue weighted by molar-refractivity contribution is -0.145. The fourth-order valence-electron chi connectivity index (χ4n) is 4.59. The largest absolute Gasteiger partial charge is 0.481 e. The van der Waals surface area contributed by atoms with E-state index >= 15 is 0 Å². The maximum Gasteiger partial charge on any atom is 0.410 e. The third-order valence-corrected chi connectivity index (χ3v) is 5.92. The van der Waals surface area contributed by atoms with Crippen LogP contribution >= 0.6 is 0 Å². The molecule has 0 radical (unpaired) electrons. The summed E-state index contributed by atoms with van der Waals surface area (Å²) in [4.78, 5) is 28.3. The zero-order valence-electron chi connectivity index (χ0n) is 16.2. The summed E-state index contributed by atoms with van der Waals surface area (Å²) in [6.45, 7) is 5.37. The first-order valence-corrected chi connectivity index (χ1v) is 9.91. The van der Waals surface area contributed by atoms with Crippen molar-refractivity contribution >= 4 is 12.1 Å². The zero-order valence-corrected chi connectivity index (χ0v) is 16.2. The molecule has 4 atom stereocenters. The number of hydrogen-bond acceptors (Lipinski definition) is 4. The van der Waals surface area contributed by atoms with E-state index in [0.29, 0.717) is 25.0 Å². The van der Waals surface area contributed by atoms with Gasteiger partial charge in [0.25, 0.3) is 0 Å². The average molecular weight is 374 g/mol. The molecule has 2 aliphatic heterocycles. The van der Waals surface area contributed by atoms with Crippen molar-refractivity contribution in [1.82, 2.24) is 9.80 Å². The Morgan fingerprint density at radius 1 is 1.11 bits per heavy atom. The highest BCUT2D eigenvalue weighted by molar-refractivity contribution is 5.73. The summed E-state index contributed by atoms with van der Waals surface area (Å²) in [6, 6.07) is 10.4. The molecule has 6 heteroatoms. The van der Waals surface area contributed by atoms with Gasteiger partial charge in [-0.1, -0.05) is 36.8 Å². The molecule has 0 unspecified atom stereocenters. The van der Waals surface area contributed by atoms with E-state index in [9.17, 15) is 14.7 Å². The van der Waals surface area contributed by atoms with Gasteiger partial charge >= 0.3 is 12.1 Å². The van der Waals surface area contributed by atoms with Crippen molar-refractivity contribution in [2.75, 3.05) is 13.1 Å². The van der Waals surface area contributed by atoms with Crippen molar-refractivity contribution in [2.45, 2.75) is 64.3 Å². The van der Waals surface area contributed by atoms with Gasteiger partial charge in [-0.3, -0.25) is 9.69 Å². The van der Waals surface area contributed by atoms with Gasteiger partial charge in [0.2, 0.25) is 0 Å². The molecule has 2 fully saturated rings. The molecule has 1 aromatic carbocycles. The maximum atomic E-state index is 12.6. The van der Waals surface area contributed by atoms with Crippen molar-refractivity contribution in [3.63, 3.8) is 0 Å². The number of likely N-dealkylation sites (tertiary alicyclic amines) is 2. The number of hydrogen-bond donors (Lipinski definition) is 1. The molecular weight excluding hydrogens is 344 g/mol. The molecule has 0 spiro atoms. The van der Waals surface area contributed by atoms with E-state index in [1.54, 1.807) is 4.90 Å². The van der Waals surface area contributed by atoms with Crippen LogP contribution in [0.4, 0.5) is 4.79 Å². The smallest absolute Gasteiger partial charge is 0.410 e. The molecule has 2 aliphatic rings. The Hall–Kier alpha value is -2.08. The van der Waals surface area contributed by atoms with Gasteiger partial charge < -0.3 is 14.7 Å². The van der Waals surface area contributed by atoms with Crippen molar-refractivity contribution in [3.05, 3.63) is 35.9 Å². The van der Waals surface area contributed by atoms with Gasteiger partial charge in [0.1, 0.15) is 6.61 Å². The first-order valence-electron chi connectivity index (χ1n) is 9.91. The first-order chi connectivity index (χ1) is 13.0. The minimum Gasteiger partial charge on any atom is -0.481 e. The van der Waals surface area contributed by atoms with Gasteiger partial charge in [-0.05, 0) is 38.7 Å². The number of nitrogens with zero attached hydrogens (tertiary/aromatic N) is 2. The van der Waals surface area contributed by atoms with Crippen molar-refractivity contribution < 1.29 is 19.4 Å². The first kappa shape index (κ1) is 19.7. The van der Waals surface area contributed by atoms with E-state index in [1.807, 2.05) is 30.3 Å². The van der Waals surface area contributed by atoms with Crippen molar-refractivity contribution in [2.24, 2.45) is 5.92 Å². The highest BCUT2D eigenvalue weighted by Gasteiger charge is 2.40. The molecule has 1 N–H and O–H groups in total.